The van der Waals surface area contributed by atoms with Gasteiger partial charge in [0.2, 0.25) is 5.88 Å². The van der Waals surface area contributed by atoms with E-state index < -0.39 is 0 Å². The summed E-state index contributed by atoms with van der Waals surface area (Å²) < 4.78 is 7.65. The summed E-state index contributed by atoms with van der Waals surface area (Å²) in [6.45, 7) is 10.9. The maximum absolute atomic E-state index is 9.28. The standard InChI is InChI=1S/C21H28N4O2/c1-6-17-16(8-9-18(23-17)27-7-2)20-15(5)22-21-19(24-20)13(3)12-25(21)14(4)10-11-26/h8-9,12,14,26H,6-7,10-11H2,1-5H3/t14-/m1/s1. The minimum Gasteiger partial charge on any atom is -0.478 e. The quantitative estimate of drug-likeness (QED) is 0.682. The van der Waals surface area contributed by atoms with Gasteiger partial charge in [0.1, 0.15) is 5.52 Å². The van der Waals surface area contributed by atoms with E-state index in [0.717, 1.165) is 45.8 Å². The van der Waals surface area contributed by atoms with Gasteiger partial charge in [-0.25, -0.2) is 15.0 Å². The highest BCUT2D eigenvalue weighted by Crippen LogP contribution is 2.30. The molecule has 0 saturated heterocycles. The Kier molecular flexibility index (Phi) is 5.75. The van der Waals surface area contributed by atoms with Gasteiger partial charge in [-0.05, 0) is 52.2 Å². The SMILES string of the molecule is CCOc1ccc(-c2nc3c(C)cn([C@H](C)CCO)c3nc2C)c(CC)n1. The van der Waals surface area contributed by atoms with Crippen LogP contribution in [0.1, 0.15) is 50.2 Å². The van der Waals surface area contributed by atoms with Crippen LogP contribution in [0.15, 0.2) is 18.3 Å². The van der Waals surface area contributed by atoms with Crippen LogP contribution >= 0.6 is 0 Å². The first-order chi connectivity index (χ1) is 13.0. The molecule has 3 heterocycles. The van der Waals surface area contributed by atoms with Crippen molar-refractivity contribution < 1.29 is 9.84 Å². The average molecular weight is 368 g/mol. The average Bonchev–Trinajstić information content (AvgIpc) is 2.97. The number of ether oxygens (including phenoxy) is 1. The molecular weight excluding hydrogens is 340 g/mol. The van der Waals surface area contributed by atoms with Gasteiger partial charge in [0.25, 0.3) is 0 Å². The Morgan fingerprint density at radius 3 is 2.59 bits per heavy atom. The molecule has 0 unspecified atom stereocenters. The third-order valence-electron chi connectivity index (χ3n) is 4.86. The molecule has 27 heavy (non-hydrogen) atoms. The zero-order valence-electron chi connectivity index (χ0n) is 16.8. The van der Waals surface area contributed by atoms with Crippen molar-refractivity contribution in [3.8, 4) is 17.1 Å². The van der Waals surface area contributed by atoms with E-state index in [1.165, 1.54) is 0 Å². The fraction of sp³-hybridized carbons (Fsp3) is 0.476. The van der Waals surface area contributed by atoms with Gasteiger partial charge in [-0.3, -0.25) is 0 Å². The third kappa shape index (κ3) is 3.67. The monoisotopic (exact) mass is 368 g/mol. The van der Waals surface area contributed by atoms with E-state index in [0.29, 0.717) is 18.9 Å². The van der Waals surface area contributed by atoms with Gasteiger partial charge in [0.05, 0.1) is 23.7 Å². The molecule has 3 aromatic rings. The maximum atomic E-state index is 9.28. The summed E-state index contributed by atoms with van der Waals surface area (Å²) >= 11 is 0. The molecule has 0 amide bonds. The van der Waals surface area contributed by atoms with Crippen molar-refractivity contribution in [3.05, 3.63) is 35.3 Å². The van der Waals surface area contributed by atoms with Crippen LogP contribution in [0.5, 0.6) is 5.88 Å². The number of pyridine rings is 1. The molecular formula is C21H28N4O2. The molecule has 6 heteroatoms. The third-order valence-corrected chi connectivity index (χ3v) is 4.86. The number of hydrogen-bond donors (Lipinski definition) is 1. The highest BCUT2D eigenvalue weighted by molar-refractivity contribution is 5.80. The van der Waals surface area contributed by atoms with E-state index in [1.54, 1.807) is 0 Å². The van der Waals surface area contributed by atoms with E-state index >= 15 is 0 Å². The largest absolute Gasteiger partial charge is 0.478 e. The molecule has 0 aliphatic heterocycles. The first-order valence-electron chi connectivity index (χ1n) is 9.59. The fourth-order valence-corrected chi connectivity index (χ4v) is 3.39. The molecule has 0 fully saturated rings. The van der Waals surface area contributed by atoms with E-state index in [4.69, 9.17) is 14.7 Å². The molecule has 3 rings (SSSR count). The Bertz CT molecular complexity index is 949. The lowest BCUT2D eigenvalue weighted by molar-refractivity contribution is 0.264. The van der Waals surface area contributed by atoms with Gasteiger partial charge in [0.15, 0.2) is 5.65 Å². The number of hydrogen-bond acceptors (Lipinski definition) is 5. The predicted molar refractivity (Wildman–Crippen MR) is 107 cm³/mol. The van der Waals surface area contributed by atoms with Crippen molar-refractivity contribution in [2.24, 2.45) is 0 Å². The first-order valence-corrected chi connectivity index (χ1v) is 9.59. The van der Waals surface area contributed by atoms with Gasteiger partial charge in [-0.15, -0.1) is 0 Å². The summed E-state index contributed by atoms with van der Waals surface area (Å²) in [5.74, 6) is 0.643. The van der Waals surface area contributed by atoms with Crippen LogP contribution in [0.4, 0.5) is 0 Å². The number of nitrogens with zero attached hydrogens (tertiary/aromatic N) is 4. The van der Waals surface area contributed by atoms with Gasteiger partial charge < -0.3 is 14.4 Å². The molecule has 0 aliphatic rings. The molecule has 1 N–H and O–H groups in total. The second-order valence-electron chi connectivity index (χ2n) is 6.84. The highest BCUT2D eigenvalue weighted by Gasteiger charge is 2.18. The Hall–Kier alpha value is -2.47. The zero-order valence-corrected chi connectivity index (χ0v) is 16.8. The Balaban J connectivity index is 2.14. The number of fused-ring (bicyclic) bond motifs is 1. The topological polar surface area (TPSA) is 73.1 Å². The van der Waals surface area contributed by atoms with Gasteiger partial charge in [-0.2, -0.15) is 0 Å². The Morgan fingerprint density at radius 2 is 1.93 bits per heavy atom. The van der Waals surface area contributed by atoms with Crippen molar-refractivity contribution in [2.75, 3.05) is 13.2 Å². The van der Waals surface area contributed by atoms with E-state index in [1.807, 2.05) is 26.0 Å². The summed E-state index contributed by atoms with van der Waals surface area (Å²) in [5, 5.41) is 9.28. The zero-order chi connectivity index (χ0) is 19.6. The summed E-state index contributed by atoms with van der Waals surface area (Å²) in [6, 6.07) is 4.09. The van der Waals surface area contributed by atoms with E-state index in [9.17, 15) is 5.11 Å². The van der Waals surface area contributed by atoms with Gasteiger partial charge in [-0.1, -0.05) is 6.92 Å². The molecule has 0 radical (unpaired) electrons. The first kappa shape index (κ1) is 19.3. The molecule has 144 valence electrons. The lowest BCUT2D eigenvalue weighted by atomic mass is 10.1. The Morgan fingerprint density at radius 1 is 1.15 bits per heavy atom. The molecule has 3 aromatic heterocycles. The lowest BCUT2D eigenvalue weighted by Gasteiger charge is -2.14. The Labute approximate surface area is 160 Å². The predicted octanol–water partition coefficient (Wildman–Crippen LogP) is 4.01. The van der Waals surface area contributed by atoms with Crippen molar-refractivity contribution in [1.29, 1.82) is 0 Å². The number of aliphatic hydroxyl groups excluding tert-OH is 1. The van der Waals surface area contributed by atoms with Gasteiger partial charge in [0, 0.05) is 30.5 Å². The molecule has 0 spiro atoms. The summed E-state index contributed by atoms with van der Waals surface area (Å²) in [4.78, 5) is 14.5. The molecule has 0 saturated carbocycles. The smallest absolute Gasteiger partial charge is 0.213 e. The second-order valence-corrected chi connectivity index (χ2v) is 6.84. The van der Waals surface area contributed by atoms with Crippen molar-refractivity contribution >= 4 is 11.2 Å². The minimum atomic E-state index is 0.155. The number of aromatic nitrogens is 4. The van der Waals surface area contributed by atoms with Crippen LogP contribution in [0.2, 0.25) is 0 Å². The van der Waals surface area contributed by atoms with E-state index in [2.05, 4.69) is 36.5 Å². The molecule has 1 atom stereocenters. The molecule has 0 aromatic carbocycles. The van der Waals surface area contributed by atoms with Crippen LogP contribution in [0.3, 0.4) is 0 Å². The van der Waals surface area contributed by atoms with Crippen molar-refractivity contribution in [1.82, 2.24) is 19.5 Å². The number of aryl methyl sites for hydroxylation is 3. The van der Waals surface area contributed by atoms with Crippen molar-refractivity contribution in [3.63, 3.8) is 0 Å². The van der Waals surface area contributed by atoms with Crippen LogP contribution < -0.4 is 4.74 Å². The highest BCUT2D eigenvalue weighted by atomic mass is 16.5. The van der Waals surface area contributed by atoms with Crippen molar-refractivity contribution in [2.45, 2.75) is 53.5 Å². The molecule has 0 aliphatic carbocycles. The van der Waals surface area contributed by atoms with E-state index in [-0.39, 0.29) is 12.6 Å². The second kappa shape index (κ2) is 8.05. The summed E-state index contributed by atoms with van der Waals surface area (Å²) in [6.07, 6.45) is 3.56. The normalized spacial score (nSPS) is 12.5. The number of rotatable bonds is 7. The summed E-state index contributed by atoms with van der Waals surface area (Å²) in [5.41, 5.74) is 6.56. The minimum absolute atomic E-state index is 0.155. The summed E-state index contributed by atoms with van der Waals surface area (Å²) in [7, 11) is 0. The lowest BCUT2D eigenvalue weighted by Crippen LogP contribution is -2.08. The van der Waals surface area contributed by atoms with Gasteiger partial charge >= 0.3 is 0 Å². The molecule has 0 bridgehead atoms. The molecule has 6 nitrogen and oxygen atoms in total. The van der Waals surface area contributed by atoms with Crippen LogP contribution in [-0.2, 0) is 6.42 Å². The van der Waals surface area contributed by atoms with Crippen LogP contribution in [0, 0.1) is 13.8 Å². The number of aliphatic hydroxyl groups is 1. The van der Waals surface area contributed by atoms with Crippen LogP contribution in [-0.4, -0.2) is 37.8 Å². The van der Waals surface area contributed by atoms with Crippen LogP contribution in [0.25, 0.3) is 22.4 Å². The maximum Gasteiger partial charge on any atom is 0.213 e. The fourth-order valence-electron chi connectivity index (χ4n) is 3.39.